The Labute approximate surface area is 155 Å². The highest BCUT2D eigenvalue weighted by molar-refractivity contribution is 7.92. The molecule has 1 N–H and O–H groups in total. The van der Waals surface area contributed by atoms with Crippen LogP contribution in [0.5, 0.6) is 0 Å². The number of sulfonamides is 1. The molecule has 0 unspecified atom stereocenters. The number of benzene rings is 2. The number of nitrogens with one attached hydrogen (secondary N) is 1. The van der Waals surface area contributed by atoms with Crippen LogP contribution in [0.25, 0.3) is 0 Å². The van der Waals surface area contributed by atoms with E-state index in [-0.39, 0.29) is 10.6 Å². The number of nitro benzene ring substituents is 1. The number of non-ortho nitro benzene ring substituents is 1. The summed E-state index contributed by atoms with van der Waals surface area (Å²) >= 11 is 0. The average molecular weight is 391 g/mol. The quantitative estimate of drug-likeness (QED) is 0.632. The van der Waals surface area contributed by atoms with E-state index in [0.717, 1.165) is 23.3 Å². The van der Waals surface area contributed by atoms with E-state index in [9.17, 15) is 23.3 Å². The minimum atomic E-state index is -3.89. The van der Waals surface area contributed by atoms with Gasteiger partial charge in [-0.05, 0) is 41.8 Å². The lowest BCUT2D eigenvalue weighted by Gasteiger charge is -2.28. The van der Waals surface area contributed by atoms with Crippen LogP contribution in [0.2, 0.25) is 0 Å². The smallest absolute Gasteiger partial charge is 0.409 e. The molecule has 10 heteroatoms. The molecule has 0 saturated carbocycles. The van der Waals surface area contributed by atoms with Gasteiger partial charge in [0.15, 0.2) is 0 Å². The molecule has 0 aliphatic carbocycles. The number of carbonyl (C=O) groups is 1. The molecule has 9 nitrogen and oxygen atoms in total. The van der Waals surface area contributed by atoms with Crippen molar-refractivity contribution < 1.29 is 22.9 Å². The first-order valence-electron chi connectivity index (χ1n) is 8.02. The van der Waals surface area contributed by atoms with Crippen molar-refractivity contribution in [3.05, 3.63) is 63.7 Å². The van der Waals surface area contributed by atoms with Crippen molar-refractivity contribution in [3.8, 4) is 0 Å². The number of ether oxygens (including phenoxy) is 1. The van der Waals surface area contributed by atoms with Crippen LogP contribution in [0.15, 0.2) is 47.4 Å². The van der Waals surface area contributed by atoms with E-state index < -0.39 is 21.0 Å². The van der Waals surface area contributed by atoms with Gasteiger partial charge in [-0.2, -0.15) is 0 Å². The molecule has 0 bridgehead atoms. The number of nitrogens with zero attached hydrogens (tertiary/aromatic N) is 2. The first-order chi connectivity index (χ1) is 12.8. The highest BCUT2D eigenvalue weighted by atomic mass is 32.2. The Bertz CT molecular complexity index is 988. The standard InChI is InChI=1S/C17H17N3O6S/c1-26-17(21)19-9-8-12-2-3-14(10-13(12)11-19)18-27(24,25)16-6-4-15(5-7-16)20(22)23/h2-7,10,18H,8-9,11H2,1H3. The second-order valence-corrected chi connectivity index (χ2v) is 7.66. The molecule has 1 amide bonds. The zero-order valence-electron chi connectivity index (χ0n) is 14.4. The van der Waals surface area contributed by atoms with Crippen LogP contribution in [-0.4, -0.2) is 38.0 Å². The van der Waals surface area contributed by atoms with Crippen molar-refractivity contribution >= 4 is 27.5 Å². The SMILES string of the molecule is COC(=O)N1CCc2ccc(NS(=O)(=O)c3ccc([N+](=O)[O-])cc3)cc2C1. The van der Waals surface area contributed by atoms with Crippen LogP contribution in [0.4, 0.5) is 16.2 Å². The molecule has 1 heterocycles. The number of amides is 1. The third-order valence-corrected chi connectivity index (χ3v) is 5.66. The summed E-state index contributed by atoms with van der Waals surface area (Å²) in [5.41, 5.74) is 2.02. The molecule has 0 atom stereocenters. The van der Waals surface area contributed by atoms with Crippen LogP contribution in [-0.2, 0) is 27.7 Å². The van der Waals surface area contributed by atoms with Gasteiger partial charge < -0.3 is 9.64 Å². The van der Waals surface area contributed by atoms with Gasteiger partial charge in [0.25, 0.3) is 15.7 Å². The number of fused-ring (bicyclic) bond motifs is 1. The van der Waals surface area contributed by atoms with Crippen LogP contribution in [0, 0.1) is 10.1 Å². The number of hydrogen-bond acceptors (Lipinski definition) is 6. The van der Waals surface area contributed by atoms with Gasteiger partial charge >= 0.3 is 6.09 Å². The van der Waals surface area contributed by atoms with Gasteiger partial charge in [0.1, 0.15) is 0 Å². The largest absolute Gasteiger partial charge is 0.453 e. The summed E-state index contributed by atoms with van der Waals surface area (Å²) in [6.45, 7) is 0.864. The van der Waals surface area contributed by atoms with Gasteiger partial charge in [-0.1, -0.05) is 6.07 Å². The summed E-state index contributed by atoms with van der Waals surface area (Å²) < 4.78 is 32.2. The molecular formula is C17H17N3O6S. The third kappa shape index (κ3) is 4.00. The van der Waals surface area contributed by atoms with E-state index in [4.69, 9.17) is 4.74 Å². The molecule has 0 saturated heterocycles. The molecular weight excluding hydrogens is 374 g/mol. The highest BCUT2D eigenvalue weighted by Gasteiger charge is 2.22. The van der Waals surface area contributed by atoms with Gasteiger partial charge in [-0.3, -0.25) is 14.8 Å². The maximum atomic E-state index is 12.5. The first-order valence-corrected chi connectivity index (χ1v) is 9.50. The minimum absolute atomic E-state index is 0.0815. The molecule has 3 rings (SSSR count). The number of methoxy groups -OCH3 is 1. The fourth-order valence-electron chi connectivity index (χ4n) is 2.87. The van der Waals surface area contributed by atoms with Gasteiger partial charge in [0.05, 0.1) is 16.9 Å². The topological polar surface area (TPSA) is 119 Å². The van der Waals surface area contributed by atoms with Crippen molar-refractivity contribution in [2.75, 3.05) is 18.4 Å². The summed E-state index contributed by atoms with van der Waals surface area (Å²) in [5, 5.41) is 10.7. The lowest BCUT2D eigenvalue weighted by molar-refractivity contribution is -0.384. The Morgan fingerprint density at radius 1 is 1.19 bits per heavy atom. The molecule has 0 aromatic heterocycles. The van der Waals surface area contributed by atoms with Gasteiger partial charge in [-0.25, -0.2) is 13.2 Å². The van der Waals surface area contributed by atoms with Gasteiger partial charge in [-0.15, -0.1) is 0 Å². The molecule has 0 spiro atoms. The highest BCUT2D eigenvalue weighted by Crippen LogP contribution is 2.25. The predicted molar refractivity (Wildman–Crippen MR) is 96.9 cm³/mol. The van der Waals surface area contributed by atoms with Gasteiger partial charge in [0.2, 0.25) is 0 Å². The summed E-state index contributed by atoms with van der Waals surface area (Å²) in [6.07, 6.45) is 0.220. The molecule has 0 fully saturated rings. The van der Waals surface area contributed by atoms with Gasteiger partial charge in [0, 0.05) is 30.9 Å². The number of anilines is 1. The summed E-state index contributed by atoms with van der Waals surface area (Å²) in [5.74, 6) is 0. The predicted octanol–water partition coefficient (Wildman–Crippen LogP) is 2.52. The van der Waals surface area contributed by atoms with E-state index in [2.05, 4.69) is 4.72 Å². The van der Waals surface area contributed by atoms with Crippen molar-refractivity contribution in [2.45, 2.75) is 17.9 Å². The average Bonchev–Trinajstić information content (AvgIpc) is 2.66. The van der Waals surface area contributed by atoms with E-state index in [1.54, 1.807) is 12.1 Å². The fourth-order valence-corrected chi connectivity index (χ4v) is 3.92. The maximum Gasteiger partial charge on any atom is 0.409 e. The lowest BCUT2D eigenvalue weighted by Crippen LogP contribution is -2.35. The van der Waals surface area contributed by atoms with E-state index in [0.29, 0.717) is 25.2 Å². The molecule has 2 aromatic carbocycles. The third-order valence-electron chi connectivity index (χ3n) is 4.26. The molecule has 142 valence electrons. The maximum absolute atomic E-state index is 12.5. The zero-order valence-corrected chi connectivity index (χ0v) is 15.2. The van der Waals surface area contributed by atoms with Crippen LogP contribution < -0.4 is 4.72 Å². The van der Waals surface area contributed by atoms with Crippen molar-refractivity contribution in [1.82, 2.24) is 4.90 Å². The van der Waals surface area contributed by atoms with E-state index >= 15 is 0 Å². The van der Waals surface area contributed by atoms with E-state index in [1.165, 1.54) is 24.1 Å². The Balaban J connectivity index is 1.81. The fraction of sp³-hybridized carbons (Fsp3) is 0.235. The molecule has 1 aliphatic rings. The number of hydrogen-bond donors (Lipinski definition) is 1. The summed E-state index contributed by atoms with van der Waals surface area (Å²) in [6, 6.07) is 9.77. The zero-order chi connectivity index (χ0) is 19.6. The van der Waals surface area contributed by atoms with Crippen LogP contribution >= 0.6 is 0 Å². The number of nitro groups is 1. The second-order valence-electron chi connectivity index (χ2n) is 5.98. The summed E-state index contributed by atoms with van der Waals surface area (Å²) in [4.78, 5) is 23.2. The van der Waals surface area contributed by atoms with E-state index in [1.807, 2.05) is 6.07 Å². The minimum Gasteiger partial charge on any atom is -0.453 e. The Hall–Kier alpha value is -3.14. The Morgan fingerprint density at radius 3 is 2.52 bits per heavy atom. The monoisotopic (exact) mass is 391 g/mol. The molecule has 2 aromatic rings. The molecule has 0 radical (unpaired) electrons. The first kappa shape index (κ1) is 18.6. The number of rotatable bonds is 4. The molecule has 27 heavy (non-hydrogen) atoms. The number of carbonyl (C=O) groups excluding carboxylic acids is 1. The second kappa shape index (κ2) is 7.23. The van der Waals surface area contributed by atoms with Crippen LogP contribution in [0.1, 0.15) is 11.1 Å². The Kier molecular flexibility index (Phi) is 5.00. The lowest BCUT2D eigenvalue weighted by atomic mass is 9.99. The van der Waals surface area contributed by atoms with Crippen molar-refractivity contribution in [1.29, 1.82) is 0 Å². The van der Waals surface area contributed by atoms with Crippen LogP contribution in [0.3, 0.4) is 0 Å². The van der Waals surface area contributed by atoms with Crippen molar-refractivity contribution in [3.63, 3.8) is 0 Å². The Morgan fingerprint density at radius 2 is 1.89 bits per heavy atom. The molecule has 1 aliphatic heterocycles. The summed E-state index contributed by atoms with van der Waals surface area (Å²) in [7, 11) is -2.58. The van der Waals surface area contributed by atoms with Crippen molar-refractivity contribution in [2.24, 2.45) is 0 Å². The normalized spacial score (nSPS) is 13.6.